The number of thioether (sulfide) groups is 1. The third kappa shape index (κ3) is 4.15. The molecule has 1 atom stereocenters. The molecular weight excluding hydrogens is 242 g/mol. The van der Waals surface area contributed by atoms with Gasteiger partial charge in [-0.1, -0.05) is 0 Å². The van der Waals surface area contributed by atoms with Crippen LogP contribution < -0.4 is 5.32 Å². The molecule has 1 aromatic heterocycles. The molecule has 1 heterocycles. The highest BCUT2D eigenvalue weighted by molar-refractivity contribution is 7.98. The van der Waals surface area contributed by atoms with E-state index in [1.54, 1.807) is 24.8 Å². The van der Waals surface area contributed by atoms with Crippen molar-refractivity contribution in [1.82, 2.24) is 5.32 Å². The van der Waals surface area contributed by atoms with Crippen molar-refractivity contribution in [3.8, 4) is 0 Å². The van der Waals surface area contributed by atoms with Gasteiger partial charge in [0.2, 0.25) is 0 Å². The molecule has 0 aliphatic rings. The summed E-state index contributed by atoms with van der Waals surface area (Å²) < 4.78 is 0. The van der Waals surface area contributed by atoms with Crippen LogP contribution in [0.2, 0.25) is 0 Å². The van der Waals surface area contributed by atoms with Crippen LogP contribution in [-0.2, 0) is 0 Å². The molecule has 0 bridgehead atoms. The summed E-state index contributed by atoms with van der Waals surface area (Å²) in [5, 5.41) is 12.6. The zero-order chi connectivity index (χ0) is 12.2. The predicted molar refractivity (Wildman–Crippen MR) is 70.4 cm³/mol. The highest BCUT2D eigenvalue weighted by Crippen LogP contribution is 2.15. The third-order valence-corrected chi connectivity index (χ3v) is 3.96. The van der Waals surface area contributed by atoms with Gasteiger partial charge >= 0.3 is 0 Å². The van der Waals surface area contributed by atoms with Crippen molar-refractivity contribution in [2.45, 2.75) is 19.4 Å². The van der Waals surface area contributed by atoms with Crippen LogP contribution in [0.4, 0.5) is 0 Å². The summed E-state index contributed by atoms with van der Waals surface area (Å²) in [6, 6.07) is 3.72. The second kappa shape index (κ2) is 5.70. The van der Waals surface area contributed by atoms with E-state index in [1.165, 1.54) is 11.3 Å². The molecule has 0 aliphatic heterocycles. The fraction of sp³-hybridized carbons (Fsp3) is 0.545. The summed E-state index contributed by atoms with van der Waals surface area (Å²) in [5.74, 6) is 0.496. The molecule has 0 aliphatic carbocycles. The molecule has 16 heavy (non-hydrogen) atoms. The summed E-state index contributed by atoms with van der Waals surface area (Å²) in [7, 11) is 0. The molecule has 0 spiro atoms. The van der Waals surface area contributed by atoms with E-state index in [9.17, 15) is 9.90 Å². The van der Waals surface area contributed by atoms with Gasteiger partial charge in [-0.3, -0.25) is 4.79 Å². The van der Waals surface area contributed by atoms with E-state index in [1.807, 2.05) is 19.2 Å². The van der Waals surface area contributed by atoms with E-state index in [0.29, 0.717) is 10.6 Å². The van der Waals surface area contributed by atoms with Crippen molar-refractivity contribution in [2.75, 3.05) is 18.6 Å². The first-order valence-electron chi connectivity index (χ1n) is 5.00. The summed E-state index contributed by atoms with van der Waals surface area (Å²) in [6.45, 7) is 3.97. The maximum Gasteiger partial charge on any atom is 0.261 e. The topological polar surface area (TPSA) is 49.3 Å². The van der Waals surface area contributed by atoms with Gasteiger partial charge in [0, 0.05) is 17.2 Å². The number of carbonyl (C=O) groups is 1. The maximum absolute atomic E-state index is 11.7. The smallest absolute Gasteiger partial charge is 0.261 e. The average molecular weight is 259 g/mol. The van der Waals surface area contributed by atoms with Gasteiger partial charge < -0.3 is 10.4 Å². The molecule has 5 heteroatoms. The molecule has 1 amide bonds. The van der Waals surface area contributed by atoms with Crippen molar-refractivity contribution < 1.29 is 9.90 Å². The van der Waals surface area contributed by atoms with Crippen LogP contribution in [0.1, 0.15) is 21.5 Å². The maximum atomic E-state index is 11.7. The lowest BCUT2D eigenvalue weighted by Crippen LogP contribution is -2.42. The molecule has 1 aromatic rings. The van der Waals surface area contributed by atoms with Gasteiger partial charge in [0.05, 0.1) is 10.5 Å². The van der Waals surface area contributed by atoms with Gasteiger partial charge in [-0.25, -0.2) is 0 Å². The van der Waals surface area contributed by atoms with Gasteiger partial charge in [-0.15, -0.1) is 11.3 Å². The minimum atomic E-state index is -0.846. The van der Waals surface area contributed by atoms with E-state index in [0.717, 1.165) is 4.88 Å². The first-order chi connectivity index (χ1) is 7.44. The minimum Gasteiger partial charge on any atom is -0.387 e. The summed E-state index contributed by atoms with van der Waals surface area (Å²) in [4.78, 5) is 13.5. The fourth-order valence-corrected chi connectivity index (χ4v) is 2.78. The SMILES string of the molecule is CSC[C@](C)(O)CNC(=O)c1ccc(C)s1. The molecule has 2 N–H and O–H groups in total. The fourth-order valence-electron chi connectivity index (χ4n) is 1.28. The third-order valence-electron chi connectivity index (χ3n) is 2.05. The van der Waals surface area contributed by atoms with Gasteiger partial charge in [0.15, 0.2) is 0 Å². The molecule has 90 valence electrons. The van der Waals surface area contributed by atoms with Crippen LogP contribution in [-0.4, -0.2) is 35.2 Å². The molecule has 0 saturated carbocycles. The summed E-state index contributed by atoms with van der Waals surface area (Å²) in [5.41, 5.74) is -0.846. The average Bonchev–Trinajstić information content (AvgIpc) is 2.61. The van der Waals surface area contributed by atoms with Crippen molar-refractivity contribution >= 4 is 29.0 Å². The lowest BCUT2D eigenvalue weighted by Gasteiger charge is -2.22. The number of nitrogens with one attached hydrogen (secondary N) is 1. The Bertz CT molecular complexity index is 361. The Hall–Kier alpha value is -0.520. The standard InChI is InChI=1S/C11H17NO2S2/c1-8-4-5-9(16-8)10(13)12-6-11(2,14)7-15-3/h4-5,14H,6-7H2,1-3H3,(H,12,13)/t11-/m1/s1. The first-order valence-corrected chi connectivity index (χ1v) is 7.21. The lowest BCUT2D eigenvalue weighted by molar-refractivity contribution is 0.0727. The van der Waals surface area contributed by atoms with E-state index in [2.05, 4.69) is 5.32 Å². The number of rotatable bonds is 5. The number of hydrogen-bond donors (Lipinski definition) is 2. The number of amides is 1. The Labute approximate surface area is 104 Å². The Morgan fingerprint density at radius 1 is 1.62 bits per heavy atom. The molecule has 3 nitrogen and oxygen atoms in total. The largest absolute Gasteiger partial charge is 0.387 e. The van der Waals surface area contributed by atoms with Crippen LogP contribution in [0.3, 0.4) is 0 Å². The molecule has 0 radical (unpaired) electrons. The number of carbonyl (C=O) groups excluding carboxylic acids is 1. The highest BCUT2D eigenvalue weighted by atomic mass is 32.2. The normalized spacial score (nSPS) is 14.5. The second-order valence-electron chi connectivity index (χ2n) is 4.02. The second-order valence-corrected chi connectivity index (χ2v) is 6.18. The van der Waals surface area contributed by atoms with Gasteiger partial charge in [0.1, 0.15) is 0 Å². The van der Waals surface area contributed by atoms with E-state index >= 15 is 0 Å². The van der Waals surface area contributed by atoms with Crippen molar-refractivity contribution in [1.29, 1.82) is 0 Å². The zero-order valence-corrected chi connectivity index (χ0v) is 11.4. The van der Waals surface area contributed by atoms with Crippen LogP contribution in [0.15, 0.2) is 12.1 Å². The van der Waals surface area contributed by atoms with Crippen molar-refractivity contribution in [3.63, 3.8) is 0 Å². The molecule has 0 saturated heterocycles. The molecular formula is C11H17NO2S2. The summed E-state index contributed by atoms with van der Waals surface area (Å²) >= 11 is 3.02. The predicted octanol–water partition coefficient (Wildman–Crippen LogP) is 1.90. The van der Waals surface area contributed by atoms with E-state index < -0.39 is 5.60 Å². The van der Waals surface area contributed by atoms with Crippen molar-refractivity contribution in [3.05, 3.63) is 21.9 Å². The Kier molecular flexibility index (Phi) is 4.83. The van der Waals surface area contributed by atoms with Gasteiger partial charge in [-0.2, -0.15) is 11.8 Å². The van der Waals surface area contributed by atoms with Gasteiger partial charge in [-0.05, 0) is 32.2 Å². The summed E-state index contributed by atoms with van der Waals surface area (Å²) in [6.07, 6.45) is 1.93. The minimum absolute atomic E-state index is 0.112. The quantitative estimate of drug-likeness (QED) is 0.849. The van der Waals surface area contributed by atoms with E-state index in [4.69, 9.17) is 0 Å². The van der Waals surface area contributed by atoms with Crippen LogP contribution >= 0.6 is 23.1 Å². The van der Waals surface area contributed by atoms with Crippen LogP contribution in [0.25, 0.3) is 0 Å². The molecule has 1 rings (SSSR count). The Morgan fingerprint density at radius 3 is 2.81 bits per heavy atom. The monoisotopic (exact) mass is 259 g/mol. The number of aliphatic hydroxyl groups is 1. The molecule has 0 fully saturated rings. The molecule has 0 unspecified atom stereocenters. The van der Waals surface area contributed by atoms with Crippen molar-refractivity contribution in [2.24, 2.45) is 0 Å². The number of hydrogen-bond acceptors (Lipinski definition) is 4. The zero-order valence-electron chi connectivity index (χ0n) is 9.74. The van der Waals surface area contributed by atoms with Crippen LogP contribution in [0.5, 0.6) is 0 Å². The first kappa shape index (κ1) is 13.5. The highest BCUT2D eigenvalue weighted by Gasteiger charge is 2.21. The van der Waals surface area contributed by atoms with E-state index in [-0.39, 0.29) is 12.5 Å². The van der Waals surface area contributed by atoms with Crippen LogP contribution in [0, 0.1) is 6.92 Å². The Balaban J connectivity index is 2.47. The Morgan fingerprint density at radius 2 is 2.31 bits per heavy atom. The number of aryl methyl sites for hydroxylation is 1. The number of thiophene rings is 1. The lowest BCUT2D eigenvalue weighted by atomic mass is 10.1. The molecule has 0 aromatic carbocycles. The van der Waals surface area contributed by atoms with Gasteiger partial charge in [0.25, 0.3) is 5.91 Å².